The number of hydrogen-bond acceptors (Lipinski definition) is 4. The zero-order valence-electron chi connectivity index (χ0n) is 16.0. The van der Waals surface area contributed by atoms with Gasteiger partial charge >= 0.3 is 6.03 Å². The smallest absolute Gasteiger partial charge is 0.317 e. The van der Waals surface area contributed by atoms with Crippen LogP contribution in [0.15, 0.2) is 36.4 Å². The second-order valence-electron chi connectivity index (χ2n) is 7.19. The molecule has 1 aromatic heterocycles. The van der Waals surface area contributed by atoms with Crippen molar-refractivity contribution in [3.05, 3.63) is 58.9 Å². The number of aromatic nitrogens is 1. The van der Waals surface area contributed by atoms with Crippen molar-refractivity contribution in [2.75, 3.05) is 31.1 Å². The average molecular weight is 399 g/mol. The third-order valence-electron chi connectivity index (χ3n) is 5.00. The molecule has 1 N–H and O–H groups in total. The highest BCUT2D eigenvalue weighted by molar-refractivity contribution is 7.22. The molecule has 0 bridgehead atoms. The summed E-state index contributed by atoms with van der Waals surface area (Å²) in [6.45, 7) is 7.46. The highest BCUT2D eigenvalue weighted by atomic mass is 32.1. The van der Waals surface area contributed by atoms with E-state index >= 15 is 0 Å². The number of anilines is 1. The summed E-state index contributed by atoms with van der Waals surface area (Å²) in [6.07, 6.45) is 0. The molecule has 1 aliphatic rings. The Labute approximate surface area is 167 Å². The molecule has 2 amide bonds. The molecule has 7 heteroatoms. The van der Waals surface area contributed by atoms with Crippen molar-refractivity contribution in [3.63, 3.8) is 0 Å². The van der Waals surface area contributed by atoms with Gasteiger partial charge in [-0.05, 0) is 48.7 Å². The number of amides is 2. The van der Waals surface area contributed by atoms with Crippen molar-refractivity contribution < 1.29 is 9.18 Å². The number of hydrogen-bond donors (Lipinski definition) is 1. The van der Waals surface area contributed by atoms with Crippen LogP contribution in [-0.2, 0) is 6.54 Å². The molecule has 28 heavy (non-hydrogen) atoms. The van der Waals surface area contributed by atoms with Crippen molar-refractivity contribution in [3.8, 4) is 0 Å². The first-order valence-corrected chi connectivity index (χ1v) is 10.2. The second-order valence-corrected chi connectivity index (χ2v) is 8.16. The molecule has 0 spiro atoms. The van der Waals surface area contributed by atoms with Gasteiger partial charge in [0.15, 0.2) is 5.13 Å². The predicted octanol–water partition coefficient (Wildman–Crippen LogP) is 4.08. The molecule has 4 rings (SSSR count). The van der Waals surface area contributed by atoms with Crippen molar-refractivity contribution in [2.24, 2.45) is 0 Å². The van der Waals surface area contributed by atoms with Crippen LogP contribution < -0.4 is 10.2 Å². The molecule has 1 saturated heterocycles. The summed E-state index contributed by atoms with van der Waals surface area (Å²) < 4.78 is 14.2. The van der Waals surface area contributed by atoms with E-state index in [-0.39, 0.29) is 11.8 Å². The van der Waals surface area contributed by atoms with E-state index in [4.69, 9.17) is 4.98 Å². The molecule has 146 valence electrons. The third kappa shape index (κ3) is 3.94. The fourth-order valence-corrected chi connectivity index (χ4v) is 4.56. The van der Waals surface area contributed by atoms with Crippen LogP contribution in [0.5, 0.6) is 0 Å². The van der Waals surface area contributed by atoms with Crippen molar-refractivity contribution in [2.45, 2.75) is 20.4 Å². The number of halogens is 1. The van der Waals surface area contributed by atoms with Gasteiger partial charge in [0.2, 0.25) is 0 Å². The Morgan fingerprint density at radius 3 is 2.57 bits per heavy atom. The minimum absolute atomic E-state index is 0.0836. The van der Waals surface area contributed by atoms with Crippen molar-refractivity contribution in [1.29, 1.82) is 0 Å². The van der Waals surface area contributed by atoms with E-state index in [9.17, 15) is 9.18 Å². The van der Waals surface area contributed by atoms with Crippen molar-refractivity contribution in [1.82, 2.24) is 15.2 Å². The topological polar surface area (TPSA) is 48.5 Å². The zero-order valence-corrected chi connectivity index (χ0v) is 16.9. The normalized spacial score (nSPS) is 14.5. The standard InChI is InChI=1S/C21H23FN4OS/c1-14-11-15(2)19-18(12-14)24-21(28-19)26-9-7-25(8-10-26)20(27)23-13-16-3-5-17(22)6-4-16/h3-6,11-12H,7-10,13H2,1-2H3,(H,23,27). The number of nitrogens with zero attached hydrogens (tertiary/aromatic N) is 3. The van der Waals surface area contributed by atoms with Gasteiger partial charge < -0.3 is 15.1 Å². The molecule has 1 aliphatic heterocycles. The van der Waals surface area contributed by atoms with E-state index in [2.05, 4.69) is 36.2 Å². The van der Waals surface area contributed by atoms with Crippen molar-refractivity contribution >= 4 is 32.7 Å². The highest BCUT2D eigenvalue weighted by Crippen LogP contribution is 2.32. The van der Waals surface area contributed by atoms with E-state index in [0.717, 1.165) is 29.3 Å². The Bertz CT molecular complexity index is 994. The first-order chi connectivity index (χ1) is 13.5. The fourth-order valence-electron chi connectivity index (χ4n) is 3.49. The average Bonchev–Trinajstić information content (AvgIpc) is 3.12. The van der Waals surface area contributed by atoms with E-state index in [1.54, 1.807) is 23.5 Å². The number of nitrogens with one attached hydrogen (secondary N) is 1. The van der Waals surface area contributed by atoms with Gasteiger partial charge in [-0.2, -0.15) is 0 Å². The van der Waals surface area contributed by atoms with Crippen LogP contribution in [-0.4, -0.2) is 42.1 Å². The molecule has 0 atom stereocenters. The summed E-state index contributed by atoms with van der Waals surface area (Å²) >= 11 is 1.72. The van der Waals surface area contributed by atoms with Gasteiger partial charge in [-0.15, -0.1) is 0 Å². The fraction of sp³-hybridized carbons (Fsp3) is 0.333. The first kappa shape index (κ1) is 18.7. The van der Waals surface area contributed by atoms with Crippen LogP contribution in [0.3, 0.4) is 0 Å². The Hall–Kier alpha value is -2.67. The summed E-state index contributed by atoms with van der Waals surface area (Å²) in [4.78, 5) is 21.3. The minimum Gasteiger partial charge on any atom is -0.345 e. The molecular formula is C21H23FN4OS. The Kier molecular flexibility index (Phi) is 5.17. The summed E-state index contributed by atoms with van der Waals surface area (Å²) in [7, 11) is 0. The van der Waals surface area contributed by atoms with Gasteiger partial charge in [-0.25, -0.2) is 14.2 Å². The van der Waals surface area contributed by atoms with E-state index in [1.165, 1.54) is 28.0 Å². The lowest BCUT2D eigenvalue weighted by Crippen LogP contribution is -2.51. The lowest BCUT2D eigenvalue weighted by Gasteiger charge is -2.34. The monoisotopic (exact) mass is 398 g/mol. The number of urea groups is 1. The summed E-state index contributed by atoms with van der Waals surface area (Å²) in [6, 6.07) is 10.4. The first-order valence-electron chi connectivity index (χ1n) is 9.39. The summed E-state index contributed by atoms with van der Waals surface area (Å²) in [5, 5.41) is 3.93. The molecule has 5 nitrogen and oxygen atoms in total. The minimum atomic E-state index is -0.272. The molecular weight excluding hydrogens is 375 g/mol. The maximum absolute atomic E-state index is 13.0. The van der Waals surface area contributed by atoms with Gasteiger partial charge in [0.05, 0.1) is 10.2 Å². The molecule has 3 aromatic rings. The van der Waals surface area contributed by atoms with Crippen LogP contribution in [0.4, 0.5) is 14.3 Å². The maximum atomic E-state index is 13.0. The molecule has 0 unspecified atom stereocenters. The number of thiazole rings is 1. The molecule has 2 heterocycles. The van der Waals surface area contributed by atoms with Gasteiger partial charge in [-0.1, -0.05) is 29.5 Å². The number of benzene rings is 2. The lowest BCUT2D eigenvalue weighted by atomic mass is 10.1. The van der Waals surface area contributed by atoms with Gasteiger partial charge in [0.25, 0.3) is 0 Å². The molecule has 0 saturated carbocycles. The number of fused-ring (bicyclic) bond motifs is 1. The highest BCUT2D eigenvalue weighted by Gasteiger charge is 2.23. The van der Waals surface area contributed by atoms with Crippen LogP contribution in [0.25, 0.3) is 10.2 Å². The molecule has 0 aliphatic carbocycles. The Balaban J connectivity index is 1.34. The number of carbonyl (C=O) groups excluding carboxylic acids is 1. The van der Waals surface area contributed by atoms with E-state index in [1.807, 2.05) is 4.90 Å². The van der Waals surface area contributed by atoms with E-state index < -0.39 is 0 Å². The largest absolute Gasteiger partial charge is 0.345 e. The van der Waals surface area contributed by atoms with Crippen LogP contribution in [0.1, 0.15) is 16.7 Å². The maximum Gasteiger partial charge on any atom is 0.317 e. The predicted molar refractivity (Wildman–Crippen MR) is 112 cm³/mol. The number of aryl methyl sites for hydroxylation is 2. The second kappa shape index (κ2) is 7.75. The molecule has 2 aromatic carbocycles. The van der Waals surface area contributed by atoms with Gasteiger partial charge in [0, 0.05) is 32.7 Å². The molecule has 1 fully saturated rings. The van der Waals surface area contributed by atoms with Gasteiger partial charge in [-0.3, -0.25) is 0 Å². The number of piperazine rings is 1. The molecule has 0 radical (unpaired) electrons. The zero-order chi connectivity index (χ0) is 19.7. The lowest BCUT2D eigenvalue weighted by molar-refractivity contribution is 0.194. The van der Waals surface area contributed by atoms with Gasteiger partial charge in [0.1, 0.15) is 5.82 Å². The number of rotatable bonds is 3. The SMILES string of the molecule is Cc1cc(C)c2sc(N3CCN(C(=O)NCc4ccc(F)cc4)CC3)nc2c1. The summed E-state index contributed by atoms with van der Waals surface area (Å²) in [5.41, 5.74) is 4.42. The van der Waals surface area contributed by atoms with Crippen LogP contribution >= 0.6 is 11.3 Å². The Morgan fingerprint density at radius 2 is 1.86 bits per heavy atom. The van der Waals surface area contributed by atoms with Crippen LogP contribution in [0.2, 0.25) is 0 Å². The van der Waals surface area contributed by atoms with E-state index in [0.29, 0.717) is 19.6 Å². The summed E-state index contributed by atoms with van der Waals surface area (Å²) in [5.74, 6) is -0.272. The Morgan fingerprint density at radius 1 is 1.14 bits per heavy atom. The number of carbonyl (C=O) groups is 1. The van der Waals surface area contributed by atoms with Crippen LogP contribution in [0, 0.1) is 19.7 Å². The quantitative estimate of drug-likeness (QED) is 0.723. The third-order valence-corrected chi connectivity index (χ3v) is 6.27.